The molecule has 0 amide bonds. The fourth-order valence-electron chi connectivity index (χ4n) is 1.48. The highest BCUT2D eigenvalue weighted by atomic mass is 32.2. The van der Waals surface area contributed by atoms with E-state index in [1.807, 2.05) is 0 Å². The maximum Gasteiger partial charge on any atom is 0.147 e. The Morgan fingerprint density at radius 1 is 1.62 bits per heavy atom. The lowest BCUT2D eigenvalue weighted by molar-refractivity contribution is 0.180. The van der Waals surface area contributed by atoms with E-state index in [4.69, 9.17) is 10.5 Å². The maximum absolute atomic E-state index is 10.9. The highest BCUT2D eigenvalue weighted by Crippen LogP contribution is 2.17. The first-order valence-corrected chi connectivity index (χ1v) is 6.56. The van der Waals surface area contributed by atoms with E-state index in [9.17, 15) is 8.42 Å². The first-order valence-electron chi connectivity index (χ1n) is 4.50. The molecule has 1 saturated heterocycles. The largest absolute Gasteiger partial charge is 0.381 e. The van der Waals surface area contributed by atoms with Gasteiger partial charge >= 0.3 is 0 Å². The maximum atomic E-state index is 10.9. The normalized spacial score (nSPS) is 26.2. The lowest BCUT2D eigenvalue weighted by Gasteiger charge is -2.16. The van der Waals surface area contributed by atoms with Gasteiger partial charge in [0.1, 0.15) is 9.84 Å². The van der Waals surface area contributed by atoms with E-state index in [2.05, 4.69) is 0 Å². The summed E-state index contributed by atoms with van der Waals surface area (Å²) in [6.07, 6.45) is 2.75. The highest BCUT2D eigenvalue weighted by molar-refractivity contribution is 7.90. The summed E-state index contributed by atoms with van der Waals surface area (Å²) >= 11 is 0. The van der Waals surface area contributed by atoms with Gasteiger partial charge in [-0.05, 0) is 18.8 Å². The van der Waals surface area contributed by atoms with Crippen molar-refractivity contribution in [2.45, 2.75) is 18.9 Å². The molecule has 0 aromatic rings. The molecule has 2 atom stereocenters. The Labute approximate surface area is 79.4 Å². The topological polar surface area (TPSA) is 69.4 Å². The van der Waals surface area contributed by atoms with Gasteiger partial charge in [-0.25, -0.2) is 8.42 Å². The first-order chi connectivity index (χ1) is 5.99. The summed E-state index contributed by atoms with van der Waals surface area (Å²) < 4.78 is 26.9. The fraction of sp³-hybridized carbons (Fsp3) is 1.00. The van der Waals surface area contributed by atoms with E-state index < -0.39 is 9.84 Å². The Kier molecular flexibility index (Phi) is 3.70. The first kappa shape index (κ1) is 10.9. The Morgan fingerprint density at radius 3 is 2.77 bits per heavy atom. The van der Waals surface area contributed by atoms with Crippen molar-refractivity contribution in [3.63, 3.8) is 0 Å². The Balaban J connectivity index is 2.28. The smallest absolute Gasteiger partial charge is 0.147 e. The van der Waals surface area contributed by atoms with Crippen LogP contribution in [0.3, 0.4) is 0 Å². The molecular weight excluding hydrogens is 190 g/mol. The van der Waals surface area contributed by atoms with Crippen LogP contribution in [0.1, 0.15) is 12.8 Å². The summed E-state index contributed by atoms with van der Waals surface area (Å²) in [5.74, 6) is 0.534. The van der Waals surface area contributed by atoms with E-state index >= 15 is 0 Å². The van der Waals surface area contributed by atoms with Gasteiger partial charge in [-0.2, -0.15) is 0 Å². The van der Waals surface area contributed by atoms with E-state index in [0.717, 1.165) is 13.0 Å². The van der Waals surface area contributed by atoms with Crippen molar-refractivity contribution in [1.29, 1.82) is 0 Å². The summed E-state index contributed by atoms with van der Waals surface area (Å²) in [4.78, 5) is 0. The van der Waals surface area contributed by atoms with Crippen molar-refractivity contribution in [2.24, 2.45) is 11.7 Å². The lowest BCUT2D eigenvalue weighted by atomic mass is 9.98. The molecule has 4 nitrogen and oxygen atoms in total. The van der Waals surface area contributed by atoms with Gasteiger partial charge in [0.25, 0.3) is 0 Å². The van der Waals surface area contributed by atoms with Crippen LogP contribution in [0, 0.1) is 5.92 Å². The molecule has 1 fully saturated rings. The van der Waals surface area contributed by atoms with Crippen LogP contribution in [0.15, 0.2) is 0 Å². The van der Waals surface area contributed by atoms with Gasteiger partial charge < -0.3 is 10.5 Å². The van der Waals surface area contributed by atoms with Crippen LogP contribution in [-0.4, -0.2) is 39.7 Å². The molecule has 13 heavy (non-hydrogen) atoms. The summed E-state index contributed by atoms with van der Waals surface area (Å²) in [6, 6.07) is -0.0303. The molecule has 1 aliphatic heterocycles. The molecule has 0 spiro atoms. The van der Waals surface area contributed by atoms with Crippen LogP contribution >= 0.6 is 0 Å². The second-order valence-electron chi connectivity index (χ2n) is 3.71. The monoisotopic (exact) mass is 207 g/mol. The van der Waals surface area contributed by atoms with Crippen molar-refractivity contribution >= 4 is 9.84 Å². The Hall–Kier alpha value is -0.130. The predicted octanol–water partition coefficient (Wildman–Crippen LogP) is -0.215. The Bertz CT molecular complexity index is 244. The average Bonchev–Trinajstić information content (AvgIpc) is 2.50. The Morgan fingerprint density at radius 2 is 2.31 bits per heavy atom. The molecule has 0 radical (unpaired) electrons. The third-order valence-corrected chi connectivity index (χ3v) is 3.37. The lowest BCUT2D eigenvalue weighted by Crippen LogP contribution is -2.32. The quantitative estimate of drug-likeness (QED) is 0.692. The van der Waals surface area contributed by atoms with E-state index in [1.54, 1.807) is 0 Å². The van der Waals surface area contributed by atoms with Crippen molar-refractivity contribution in [2.75, 3.05) is 25.2 Å². The van der Waals surface area contributed by atoms with Gasteiger partial charge in [-0.3, -0.25) is 0 Å². The molecule has 1 heterocycles. The van der Waals surface area contributed by atoms with Crippen molar-refractivity contribution < 1.29 is 13.2 Å². The molecule has 0 saturated carbocycles. The highest BCUT2D eigenvalue weighted by Gasteiger charge is 2.23. The summed E-state index contributed by atoms with van der Waals surface area (Å²) in [6.45, 7) is 1.45. The number of rotatable bonds is 4. The molecule has 0 aromatic carbocycles. The van der Waals surface area contributed by atoms with Crippen LogP contribution in [0.4, 0.5) is 0 Å². The second-order valence-corrected chi connectivity index (χ2v) is 5.97. The van der Waals surface area contributed by atoms with Gasteiger partial charge in [0.2, 0.25) is 0 Å². The minimum absolute atomic E-state index is 0.0303. The molecule has 0 bridgehead atoms. The van der Waals surface area contributed by atoms with Crippen LogP contribution in [0.5, 0.6) is 0 Å². The second kappa shape index (κ2) is 4.39. The van der Waals surface area contributed by atoms with Gasteiger partial charge in [0.05, 0.1) is 12.4 Å². The zero-order chi connectivity index (χ0) is 9.90. The molecule has 0 aromatic heterocycles. The summed E-state index contributed by atoms with van der Waals surface area (Å²) in [5, 5.41) is 0. The van der Waals surface area contributed by atoms with Crippen molar-refractivity contribution in [3.05, 3.63) is 0 Å². The number of ether oxygens (including phenoxy) is 1. The van der Waals surface area contributed by atoms with Crippen LogP contribution in [0.2, 0.25) is 0 Å². The van der Waals surface area contributed by atoms with Gasteiger partial charge in [0, 0.05) is 18.9 Å². The van der Waals surface area contributed by atoms with Crippen molar-refractivity contribution in [1.82, 2.24) is 0 Å². The van der Waals surface area contributed by atoms with Gasteiger partial charge in [-0.15, -0.1) is 0 Å². The predicted molar refractivity (Wildman–Crippen MR) is 51.2 cm³/mol. The van der Waals surface area contributed by atoms with Crippen LogP contribution < -0.4 is 5.73 Å². The average molecular weight is 207 g/mol. The standard InChI is InChI=1S/C8H17NO3S/c1-13(10,11)5-3-8(9)7-2-4-12-6-7/h7-8H,2-6,9H2,1H3. The number of nitrogens with two attached hydrogens (primary N) is 1. The van der Waals surface area contributed by atoms with Gasteiger partial charge in [-0.1, -0.05) is 0 Å². The SMILES string of the molecule is CS(=O)(=O)CCC(N)C1CCOC1. The molecule has 2 unspecified atom stereocenters. The van der Waals surface area contributed by atoms with E-state index in [1.165, 1.54) is 6.26 Å². The third kappa shape index (κ3) is 4.06. The molecule has 1 aliphatic rings. The number of hydrogen-bond donors (Lipinski definition) is 1. The number of sulfone groups is 1. The van der Waals surface area contributed by atoms with Crippen LogP contribution in [-0.2, 0) is 14.6 Å². The molecule has 5 heteroatoms. The van der Waals surface area contributed by atoms with Crippen LogP contribution in [0.25, 0.3) is 0 Å². The molecule has 78 valence electrons. The zero-order valence-corrected chi connectivity index (χ0v) is 8.72. The zero-order valence-electron chi connectivity index (χ0n) is 7.90. The number of hydrogen-bond acceptors (Lipinski definition) is 4. The fourth-order valence-corrected chi connectivity index (χ4v) is 2.18. The van der Waals surface area contributed by atoms with Gasteiger partial charge in [0.15, 0.2) is 0 Å². The van der Waals surface area contributed by atoms with E-state index in [-0.39, 0.29) is 11.8 Å². The summed E-state index contributed by atoms with van der Waals surface area (Å²) in [5.41, 5.74) is 5.84. The molecule has 1 rings (SSSR count). The molecule has 2 N–H and O–H groups in total. The minimum atomic E-state index is -2.87. The third-order valence-electron chi connectivity index (χ3n) is 2.39. The van der Waals surface area contributed by atoms with Crippen molar-refractivity contribution in [3.8, 4) is 0 Å². The van der Waals surface area contributed by atoms with E-state index in [0.29, 0.717) is 18.9 Å². The minimum Gasteiger partial charge on any atom is -0.381 e. The molecular formula is C8H17NO3S. The summed E-state index contributed by atoms with van der Waals surface area (Å²) in [7, 11) is -2.87. The molecule has 0 aliphatic carbocycles.